The minimum Gasteiger partial charge on any atom is -0.481 e. The van der Waals surface area contributed by atoms with Crippen LogP contribution in [0, 0.1) is 0 Å². The van der Waals surface area contributed by atoms with E-state index in [0.29, 0.717) is 13.0 Å². The lowest BCUT2D eigenvalue weighted by Gasteiger charge is -2.24. The zero-order valence-corrected chi connectivity index (χ0v) is 12.2. The summed E-state index contributed by atoms with van der Waals surface area (Å²) in [6.07, 6.45) is 2.91. The minimum atomic E-state index is -3.38. The lowest BCUT2D eigenvalue weighted by atomic mass is 10.2. The topological polar surface area (TPSA) is 83.9 Å². The molecule has 0 aromatic carbocycles. The van der Waals surface area contributed by atoms with Gasteiger partial charge in [0.15, 0.2) is 0 Å². The van der Waals surface area contributed by atoms with Crippen LogP contribution in [0.1, 0.15) is 39.0 Å². The van der Waals surface area contributed by atoms with Crippen LogP contribution in [0.5, 0.6) is 0 Å². The van der Waals surface area contributed by atoms with E-state index in [1.807, 2.05) is 6.92 Å². The highest BCUT2D eigenvalue weighted by Crippen LogP contribution is 2.16. The van der Waals surface area contributed by atoms with Crippen molar-refractivity contribution in [2.24, 2.45) is 0 Å². The molecule has 1 aliphatic heterocycles. The largest absolute Gasteiger partial charge is 0.481 e. The maximum absolute atomic E-state index is 12.2. The van der Waals surface area contributed by atoms with Crippen molar-refractivity contribution in [3.63, 3.8) is 0 Å². The van der Waals surface area contributed by atoms with Crippen molar-refractivity contribution >= 4 is 16.0 Å². The highest BCUT2D eigenvalue weighted by Gasteiger charge is 2.27. The second kappa shape index (κ2) is 7.81. The Kier molecular flexibility index (Phi) is 6.74. The maximum atomic E-state index is 12.2. The molecule has 1 N–H and O–H groups in total. The van der Waals surface area contributed by atoms with Crippen LogP contribution in [0.15, 0.2) is 0 Å². The van der Waals surface area contributed by atoms with Crippen LogP contribution < -0.4 is 0 Å². The van der Waals surface area contributed by atoms with Crippen LogP contribution in [-0.2, 0) is 19.6 Å². The first-order valence-electron chi connectivity index (χ1n) is 6.77. The Hall–Kier alpha value is -0.660. The second-order valence-electron chi connectivity index (χ2n) is 4.81. The van der Waals surface area contributed by atoms with Gasteiger partial charge in [0, 0.05) is 19.7 Å². The smallest absolute Gasteiger partial charge is 0.304 e. The molecule has 0 bridgehead atoms. The number of carboxylic acid groups (broad SMARTS) is 1. The molecule has 1 aliphatic rings. The number of rotatable bonds is 9. The third-order valence-corrected chi connectivity index (χ3v) is 5.08. The van der Waals surface area contributed by atoms with Crippen molar-refractivity contribution in [1.29, 1.82) is 0 Å². The lowest BCUT2D eigenvalue weighted by Crippen LogP contribution is -2.40. The zero-order valence-electron chi connectivity index (χ0n) is 11.4. The van der Waals surface area contributed by atoms with Gasteiger partial charge in [0.05, 0.1) is 18.3 Å². The Balaban J connectivity index is 2.63. The summed E-state index contributed by atoms with van der Waals surface area (Å²) in [6.45, 7) is 2.89. The minimum absolute atomic E-state index is 0.0290. The van der Waals surface area contributed by atoms with E-state index in [9.17, 15) is 13.2 Å². The van der Waals surface area contributed by atoms with Gasteiger partial charge in [-0.3, -0.25) is 4.79 Å². The first-order valence-corrected chi connectivity index (χ1v) is 8.38. The number of aliphatic carboxylic acids is 1. The van der Waals surface area contributed by atoms with Crippen molar-refractivity contribution in [2.45, 2.75) is 45.1 Å². The summed E-state index contributed by atoms with van der Waals surface area (Å²) in [5, 5.41) is 8.71. The second-order valence-corrected chi connectivity index (χ2v) is 6.89. The van der Waals surface area contributed by atoms with E-state index in [-0.39, 0.29) is 31.4 Å². The van der Waals surface area contributed by atoms with Gasteiger partial charge in [-0.1, -0.05) is 13.3 Å². The third kappa shape index (κ3) is 5.88. The van der Waals surface area contributed by atoms with Gasteiger partial charge in [-0.25, -0.2) is 8.42 Å². The quantitative estimate of drug-likeness (QED) is 0.687. The first-order chi connectivity index (χ1) is 8.95. The highest BCUT2D eigenvalue weighted by molar-refractivity contribution is 7.89. The van der Waals surface area contributed by atoms with Crippen molar-refractivity contribution in [2.75, 3.05) is 25.4 Å². The van der Waals surface area contributed by atoms with Crippen molar-refractivity contribution < 1.29 is 23.1 Å². The monoisotopic (exact) mass is 293 g/mol. The van der Waals surface area contributed by atoms with Gasteiger partial charge in [0.1, 0.15) is 0 Å². The van der Waals surface area contributed by atoms with Gasteiger partial charge in [0.2, 0.25) is 10.0 Å². The molecule has 0 aromatic heterocycles. The third-order valence-electron chi connectivity index (χ3n) is 3.16. The Bertz CT molecular complexity index is 376. The van der Waals surface area contributed by atoms with E-state index < -0.39 is 16.0 Å². The van der Waals surface area contributed by atoms with Crippen LogP contribution in [0.25, 0.3) is 0 Å². The van der Waals surface area contributed by atoms with Gasteiger partial charge in [-0.05, 0) is 19.3 Å². The number of hydrogen-bond donors (Lipinski definition) is 1. The van der Waals surface area contributed by atoms with E-state index in [1.54, 1.807) is 0 Å². The fourth-order valence-corrected chi connectivity index (χ4v) is 3.71. The molecule has 112 valence electrons. The predicted molar refractivity (Wildman–Crippen MR) is 71.5 cm³/mol. The number of carbonyl (C=O) groups is 1. The molecule has 0 aromatic rings. The van der Waals surface area contributed by atoms with Gasteiger partial charge in [0.25, 0.3) is 0 Å². The lowest BCUT2D eigenvalue weighted by molar-refractivity contribution is -0.137. The Morgan fingerprint density at radius 1 is 1.47 bits per heavy atom. The maximum Gasteiger partial charge on any atom is 0.304 e. The molecule has 0 saturated carbocycles. The normalized spacial score (nSPS) is 20.0. The van der Waals surface area contributed by atoms with E-state index in [0.717, 1.165) is 19.3 Å². The fourth-order valence-electron chi connectivity index (χ4n) is 2.04. The van der Waals surface area contributed by atoms with E-state index >= 15 is 0 Å². The average Bonchev–Trinajstić information content (AvgIpc) is 2.84. The molecule has 1 rings (SSSR count). The number of carboxylic acids is 1. The molecule has 1 atom stereocenters. The molecular formula is C12H23NO5S. The summed E-state index contributed by atoms with van der Waals surface area (Å²) in [7, 11) is -3.38. The molecule has 1 fully saturated rings. The fraction of sp³-hybridized carbons (Fsp3) is 0.917. The van der Waals surface area contributed by atoms with Crippen LogP contribution in [-0.4, -0.2) is 55.4 Å². The SMILES string of the molecule is CCCCS(=O)(=O)N(CCC(=O)O)CC1CCCO1. The molecule has 0 spiro atoms. The van der Waals surface area contributed by atoms with E-state index in [4.69, 9.17) is 9.84 Å². The molecule has 6 nitrogen and oxygen atoms in total. The molecule has 0 aliphatic carbocycles. The van der Waals surface area contributed by atoms with Gasteiger partial charge in [-0.15, -0.1) is 0 Å². The molecule has 1 heterocycles. The van der Waals surface area contributed by atoms with Crippen molar-refractivity contribution in [1.82, 2.24) is 4.31 Å². The van der Waals surface area contributed by atoms with Crippen LogP contribution in [0.2, 0.25) is 0 Å². The van der Waals surface area contributed by atoms with E-state index in [1.165, 1.54) is 4.31 Å². The Labute approximate surface area is 114 Å². The zero-order chi connectivity index (χ0) is 14.3. The number of nitrogens with zero attached hydrogens (tertiary/aromatic N) is 1. The molecule has 7 heteroatoms. The standard InChI is InChI=1S/C12H23NO5S/c1-2-3-9-19(16,17)13(7-6-12(14)15)10-11-5-4-8-18-11/h11H,2-10H2,1H3,(H,14,15). The average molecular weight is 293 g/mol. The molecule has 0 amide bonds. The summed E-state index contributed by atoms with van der Waals surface area (Å²) in [5.41, 5.74) is 0. The number of hydrogen-bond acceptors (Lipinski definition) is 4. The Morgan fingerprint density at radius 2 is 2.21 bits per heavy atom. The predicted octanol–water partition coefficient (Wildman–Crippen LogP) is 1.07. The Morgan fingerprint density at radius 3 is 2.74 bits per heavy atom. The number of unbranched alkanes of at least 4 members (excludes halogenated alkanes) is 1. The summed E-state index contributed by atoms with van der Waals surface area (Å²) >= 11 is 0. The van der Waals surface area contributed by atoms with Crippen LogP contribution in [0.4, 0.5) is 0 Å². The molecular weight excluding hydrogens is 270 g/mol. The number of sulfonamides is 1. The molecule has 1 unspecified atom stereocenters. The van der Waals surface area contributed by atoms with Crippen LogP contribution >= 0.6 is 0 Å². The molecule has 1 saturated heterocycles. The van der Waals surface area contributed by atoms with Gasteiger partial charge < -0.3 is 9.84 Å². The molecule has 19 heavy (non-hydrogen) atoms. The highest BCUT2D eigenvalue weighted by atomic mass is 32.2. The first kappa shape index (κ1) is 16.4. The molecule has 0 radical (unpaired) electrons. The summed E-state index contributed by atoms with van der Waals surface area (Å²) in [6, 6.07) is 0. The van der Waals surface area contributed by atoms with Gasteiger partial charge >= 0.3 is 5.97 Å². The van der Waals surface area contributed by atoms with Gasteiger partial charge in [-0.2, -0.15) is 4.31 Å². The van der Waals surface area contributed by atoms with E-state index in [2.05, 4.69) is 0 Å². The summed E-state index contributed by atoms with van der Waals surface area (Å²) < 4.78 is 31.1. The van der Waals surface area contributed by atoms with Crippen LogP contribution in [0.3, 0.4) is 0 Å². The van der Waals surface area contributed by atoms with Crippen molar-refractivity contribution in [3.8, 4) is 0 Å². The number of ether oxygens (including phenoxy) is 1. The van der Waals surface area contributed by atoms with Crippen molar-refractivity contribution in [3.05, 3.63) is 0 Å². The summed E-state index contributed by atoms with van der Waals surface area (Å²) in [5.74, 6) is -0.904. The summed E-state index contributed by atoms with van der Waals surface area (Å²) in [4.78, 5) is 10.6.